The van der Waals surface area contributed by atoms with E-state index in [9.17, 15) is 9.59 Å². The SMILES string of the molecule is CN1C(=O)CN(Cc2cccnc2)C(=O)[C@H]2CN(Cc3ccc4[nH]ccc4c3)CC[C@H]21. The first-order chi connectivity index (χ1) is 15.1. The molecule has 5 rings (SSSR count). The van der Waals surface area contributed by atoms with Gasteiger partial charge in [-0.15, -0.1) is 0 Å². The molecule has 7 nitrogen and oxygen atoms in total. The molecule has 2 amide bonds. The van der Waals surface area contributed by atoms with Crippen molar-refractivity contribution >= 4 is 22.7 Å². The van der Waals surface area contributed by atoms with Crippen LogP contribution in [0, 0.1) is 5.92 Å². The number of piperidine rings is 1. The Morgan fingerprint density at radius 1 is 1.13 bits per heavy atom. The monoisotopic (exact) mass is 417 g/mol. The first-order valence-corrected chi connectivity index (χ1v) is 10.8. The molecule has 1 aromatic carbocycles. The molecule has 2 aromatic heterocycles. The van der Waals surface area contributed by atoms with E-state index in [2.05, 4.69) is 39.1 Å². The van der Waals surface area contributed by atoms with E-state index in [0.29, 0.717) is 13.1 Å². The van der Waals surface area contributed by atoms with Crippen molar-refractivity contribution in [2.24, 2.45) is 5.92 Å². The maximum Gasteiger partial charge on any atom is 0.242 e. The number of fused-ring (bicyclic) bond motifs is 2. The van der Waals surface area contributed by atoms with Gasteiger partial charge in [-0.3, -0.25) is 19.5 Å². The number of likely N-dealkylation sites (tertiary alicyclic amines) is 1. The predicted molar refractivity (Wildman–Crippen MR) is 118 cm³/mol. The number of rotatable bonds is 4. The van der Waals surface area contributed by atoms with Crippen LogP contribution in [0.1, 0.15) is 17.5 Å². The Morgan fingerprint density at radius 3 is 2.87 bits per heavy atom. The van der Waals surface area contributed by atoms with Gasteiger partial charge >= 0.3 is 0 Å². The molecule has 0 saturated carbocycles. The van der Waals surface area contributed by atoms with E-state index in [-0.39, 0.29) is 30.3 Å². The fourth-order valence-electron chi connectivity index (χ4n) is 4.93. The predicted octanol–water partition coefficient (Wildman–Crippen LogP) is 2.25. The number of aromatic amines is 1. The Labute approximate surface area is 181 Å². The molecule has 1 N–H and O–H groups in total. The van der Waals surface area contributed by atoms with Crippen molar-refractivity contribution in [3.63, 3.8) is 0 Å². The number of nitrogens with one attached hydrogen (secondary N) is 1. The topological polar surface area (TPSA) is 72.5 Å². The number of nitrogens with zero attached hydrogens (tertiary/aromatic N) is 4. The highest BCUT2D eigenvalue weighted by molar-refractivity contribution is 5.89. The van der Waals surface area contributed by atoms with Gasteiger partial charge in [0.05, 0.1) is 5.92 Å². The zero-order valence-electron chi connectivity index (χ0n) is 17.7. The summed E-state index contributed by atoms with van der Waals surface area (Å²) in [6.45, 7) is 2.88. The van der Waals surface area contributed by atoms with Crippen molar-refractivity contribution in [1.82, 2.24) is 24.7 Å². The van der Waals surface area contributed by atoms with Gasteiger partial charge in [-0.1, -0.05) is 12.1 Å². The maximum atomic E-state index is 13.5. The van der Waals surface area contributed by atoms with E-state index in [0.717, 1.165) is 30.6 Å². The number of aromatic nitrogens is 2. The molecule has 0 aliphatic carbocycles. The van der Waals surface area contributed by atoms with Gasteiger partial charge in [0.25, 0.3) is 0 Å². The van der Waals surface area contributed by atoms with Crippen molar-refractivity contribution in [2.75, 3.05) is 26.7 Å². The second-order valence-electron chi connectivity index (χ2n) is 8.66. The Kier molecular flexibility index (Phi) is 5.19. The number of carbonyl (C=O) groups is 2. The van der Waals surface area contributed by atoms with Gasteiger partial charge in [0.2, 0.25) is 11.8 Å². The summed E-state index contributed by atoms with van der Waals surface area (Å²) in [5.74, 6) is -0.133. The van der Waals surface area contributed by atoms with E-state index in [1.807, 2.05) is 25.4 Å². The van der Waals surface area contributed by atoms with Crippen molar-refractivity contribution in [1.29, 1.82) is 0 Å². The molecule has 160 valence electrons. The number of H-pyrrole nitrogens is 1. The second-order valence-corrected chi connectivity index (χ2v) is 8.66. The molecule has 31 heavy (non-hydrogen) atoms. The minimum Gasteiger partial charge on any atom is -0.361 e. The molecule has 0 unspecified atom stereocenters. The molecule has 4 heterocycles. The largest absolute Gasteiger partial charge is 0.361 e. The van der Waals surface area contributed by atoms with Crippen LogP contribution in [0.2, 0.25) is 0 Å². The van der Waals surface area contributed by atoms with Crippen molar-refractivity contribution in [3.05, 3.63) is 66.1 Å². The molecule has 0 spiro atoms. The summed E-state index contributed by atoms with van der Waals surface area (Å²) in [6.07, 6.45) is 6.24. The quantitative estimate of drug-likeness (QED) is 0.707. The van der Waals surface area contributed by atoms with Crippen LogP contribution in [0.15, 0.2) is 55.0 Å². The number of hydrogen-bond donors (Lipinski definition) is 1. The van der Waals surface area contributed by atoms with Gasteiger partial charge in [0, 0.05) is 63.4 Å². The lowest BCUT2D eigenvalue weighted by molar-refractivity contribution is -0.138. The lowest BCUT2D eigenvalue weighted by Crippen LogP contribution is -2.53. The number of benzene rings is 1. The molecular weight excluding hydrogens is 390 g/mol. The summed E-state index contributed by atoms with van der Waals surface area (Å²) in [5.41, 5.74) is 3.31. The lowest BCUT2D eigenvalue weighted by atomic mass is 9.90. The number of amides is 2. The molecule has 7 heteroatoms. The number of pyridine rings is 1. The number of likely N-dealkylation sites (N-methyl/N-ethyl adjacent to an activating group) is 1. The summed E-state index contributed by atoms with van der Waals surface area (Å²) in [4.78, 5) is 39.5. The first kappa shape index (κ1) is 19.8. The molecule has 3 aromatic rings. The van der Waals surface area contributed by atoms with Gasteiger partial charge < -0.3 is 14.8 Å². The third-order valence-electron chi connectivity index (χ3n) is 6.63. The summed E-state index contributed by atoms with van der Waals surface area (Å²) < 4.78 is 0. The van der Waals surface area contributed by atoms with Crippen molar-refractivity contribution in [2.45, 2.75) is 25.6 Å². The molecule has 0 bridgehead atoms. The molecule has 2 aliphatic rings. The highest BCUT2D eigenvalue weighted by Crippen LogP contribution is 2.28. The van der Waals surface area contributed by atoms with Gasteiger partial charge in [-0.2, -0.15) is 0 Å². The zero-order chi connectivity index (χ0) is 21.4. The van der Waals surface area contributed by atoms with Gasteiger partial charge in [-0.05, 0) is 47.2 Å². The van der Waals surface area contributed by atoms with Gasteiger partial charge in [0.15, 0.2) is 0 Å². The normalized spacial score (nSPS) is 22.6. The van der Waals surface area contributed by atoms with E-state index in [4.69, 9.17) is 0 Å². The highest BCUT2D eigenvalue weighted by atomic mass is 16.2. The van der Waals surface area contributed by atoms with Crippen molar-refractivity contribution in [3.8, 4) is 0 Å². The van der Waals surface area contributed by atoms with E-state index >= 15 is 0 Å². The Balaban J connectivity index is 1.35. The van der Waals surface area contributed by atoms with Crippen LogP contribution in [0.5, 0.6) is 0 Å². The highest BCUT2D eigenvalue weighted by Gasteiger charge is 2.43. The molecule has 0 radical (unpaired) electrons. The van der Waals surface area contributed by atoms with Crippen LogP contribution in [-0.2, 0) is 22.7 Å². The van der Waals surface area contributed by atoms with E-state index in [1.165, 1.54) is 10.9 Å². The minimum absolute atomic E-state index is 0.0103. The number of carbonyl (C=O) groups excluding carboxylic acids is 2. The lowest BCUT2D eigenvalue weighted by Gasteiger charge is -2.40. The van der Waals surface area contributed by atoms with Crippen LogP contribution < -0.4 is 0 Å². The first-order valence-electron chi connectivity index (χ1n) is 10.8. The van der Waals surface area contributed by atoms with Gasteiger partial charge in [0.1, 0.15) is 6.54 Å². The fraction of sp³-hybridized carbons (Fsp3) is 0.375. The molecule has 2 fully saturated rings. The second kappa shape index (κ2) is 8.15. The van der Waals surface area contributed by atoms with Crippen LogP contribution in [-0.4, -0.2) is 69.2 Å². The molecular formula is C24H27N5O2. The summed E-state index contributed by atoms with van der Waals surface area (Å²) in [5, 5.41) is 1.20. The smallest absolute Gasteiger partial charge is 0.242 e. The van der Waals surface area contributed by atoms with Crippen LogP contribution in [0.4, 0.5) is 0 Å². The third kappa shape index (κ3) is 3.93. The van der Waals surface area contributed by atoms with E-state index < -0.39 is 0 Å². The van der Waals surface area contributed by atoms with Crippen LogP contribution in [0.3, 0.4) is 0 Å². The standard InChI is InChI=1S/C24H27N5O2/c1-27-22-7-10-28(13-17-4-5-21-19(11-17)6-9-26-21)15-20(22)24(31)29(16-23(27)30)14-18-3-2-8-25-12-18/h2-6,8-9,11-12,20,22,26H,7,10,13-16H2,1H3/t20-,22+/m0/s1. The van der Waals surface area contributed by atoms with Crippen LogP contribution in [0.25, 0.3) is 10.9 Å². The van der Waals surface area contributed by atoms with Crippen molar-refractivity contribution < 1.29 is 9.59 Å². The minimum atomic E-state index is -0.210. The molecule has 2 atom stereocenters. The third-order valence-corrected chi connectivity index (χ3v) is 6.63. The van der Waals surface area contributed by atoms with E-state index in [1.54, 1.807) is 22.2 Å². The Morgan fingerprint density at radius 2 is 2.03 bits per heavy atom. The average Bonchev–Trinajstić information content (AvgIpc) is 3.23. The number of hydrogen-bond acceptors (Lipinski definition) is 4. The average molecular weight is 418 g/mol. The fourth-order valence-corrected chi connectivity index (χ4v) is 4.93. The Bertz CT molecular complexity index is 1100. The van der Waals surface area contributed by atoms with Crippen LogP contribution >= 0.6 is 0 Å². The molecule has 2 saturated heterocycles. The zero-order valence-corrected chi connectivity index (χ0v) is 17.7. The summed E-state index contributed by atoms with van der Waals surface area (Å²) in [6, 6.07) is 12.3. The molecule has 2 aliphatic heterocycles. The maximum absolute atomic E-state index is 13.5. The summed E-state index contributed by atoms with van der Waals surface area (Å²) >= 11 is 0. The Hall–Kier alpha value is -3.19. The van der Waals surface area contributed by atoms with Gasteiger partial charge in [-0.25, -0.2) is 0 Å². The summed E-state index contributed by atoms with van der Waals surface area (Å²) in [7, 11) is 1.84.